The Labute approximate surface area is 112 Å². The molecule has 0 aliphatic carbocycles. The number of carbonyl (C=O) groups is 1. The van der Waals surface area contributed by atoms with Gasteiger partial charge in [0.25, 0.3) is 0 Å². The fourth-order valence-electron chi connectivity index (χ4n) is 1.45. The Morgan fingerprint density at radius 3 is 2.56 bits per heavy atom. The molecule has 0 spiro atoms. The zero-order valence-electron chi connectivity index (χ0n) is 11.0. The summed E-state index contributed by atoms with van der Waals surface area (Å²) in [5.74, 6) is 0.898. The number of benzene rings is 1. The van der Waals surface area contributed by atoms with Crippen molar-refractivity contribution in [2.24, 2.45) is 0 Å². The fourth-order valence-corrected chi connectivity index (χ4v) is 2.44. The second-order valence-electron chi connectivity index (χ2n) is 3.96. The molecule has 0 bridgehead atoms. The van der Waals surface area contributed by atoms with Crippen LogP contribution in [-0.4, -0.2) is 38.5 Å². The maximum atomic E-state index is 10.9. The van der Waals surface area contributed by atoms with E-state index in [2.05, 4.69) is 10.6 Å². The van der Waals surface area contributed by atoms with Gasteiger partial charge in [-0.3, -0.25) is 4.79 Å². The summed E-state index contributed by atoms with van der Waals surface area (Å²) >= 11 is 1.77. The molecule has 18 heavy (non-hydrogen) atoms. The average Bonchev–Trinajstić information content (AvgIpc) is 2.35. The van der Waals surface area contributed by atoms with Crippen molar-refractivity contribution >= 4 is 23.4 Å². The third-order valence-corrected chi connectivity index (χ3v) is 3.58. The summed E-state index contributed by atoms with van der Waals surface area (Å²) in [5, 5.41) is 5.96. The molecule has 0 saturated heterocycles. The number of thioether (sulfide) groups is 1. The van der Waals surface area contributed by atoms with Crippen molar-refractivity contribution in [3.8, 4) is 0 Å². The van der Waals surface area contributed by atoms with E-state index >= 15 is 0 Å². The van der Waals surface area contributed by atoms with Gasteiger partial charge in [0, 0.05) is 36.4 Å². The lowest BCUT2D eigenvalue weighted by molar-refractivity contribution is -0.114. The van der Waals surface area contributed by atoms with E-state index in [1.54, 1.807) is 18.9 Å². The van der Waals surface area contributed by atoms with E-state index in [0.29, 0.717) is 12.6 Å². The van der Waals surface area contributed by atoms with E-state index < -0.39 is 0 Å². The first-order chi connectivity index (χ1) is 8.65. The van der Waals surface area contributed by atoms with Gasteiger partial charge in [-0.15, -0.1) is 11.8 Å². The van der Waals surface area contributed by atoms with Crippen LogP contribution in [0.4, 0.5) is 5.69 Å². The number of methoxy groups -OCH3 is 1. The molecule has 0 aliphatic heterocycles. The summed E-state index contributed by atoms with van der Waals surface area (Å²) < 4.78 is 5.12. The molecule has 0 heterocycles. The van der Waals surface area contributed by atoms with Crippen LogP contribution in [0.25, 0.3) is 0 Å². The molecule has 1 aromatic carbocycles. The number of hydrogen-bond acceptors (Lipinski definition) is 4. The zero-order valence-corrected chi connectivity index (χ0v) is 11.8. The predicted molar refractivity (Wildman–Crippen MR) is 76.2 cm³/mol. The monoisotopic (exact) mass is 268 g/mol. The predicted octanol–water partition coefficient (Wildman–Crippen LogP) is 1.97. The SMILES string of the molecule is CNC(COC)CSc1ccc(NC(C)=O)cc1. The van der Waals surface area contributed by atoms with Crippen molar-refractivity contribution in [2.45, 2.75) is 17.9 Å². The topological polar surface area (TPSA) is 50.4 Å². The van der Waals surface area contributed by atoms with Gasteiger partial charge >= 0.3 is 0 Å². The van der Waals surface area contributed by atoms with Crippen LogP contribution in [-0.2, 0) is 9.53 Å². The van der Waals surface area contributed by atoms with Crippen LogP contribution < -0.4 is 10.6 Å². The maximum absolute atomic E-state index is 10.9. The van der Waals surface area contributed by atoms with Gasteiger partial charge in [-0.1, -0.05) is 0 Å². The van der Waals surface area contributed by atoms with E-state index in [9.17, 15) is 4.79 Å². The van der Waals surface area contributed by atoms with E-state index in [1.807, 2.05) is 31.3 Å². The number of amides is 1. The molecule has 100 valence electrons. The second-order valence-corrected chi connectivity index (χ2v) is 5.05. The highest BCUT2D eigenvalue weighted by Crippen LogP contribution is 2.21. The summed E-state index contributed by atoms with van der Waals surface area (Å²) in [6, 6.07) is 8.18. The highest BCUT2D eigenvalue weighted by atomic mass is 32.2. The van der Waals surface area contributed by atoms with Gasteiger partial charge < -0.3 is 15.4 Å². The lowest BCUT2D eigenvalue weighted by Gasteiger charge is -2.14. The van der Waals surface area contributed by atoms with Crippen molar-refractivity contribution in [1.29, 1.82) is 0 Å². The smallest absolute Gasteiger partial charge is 0.221 e. The highest BCUT2D eigenvalue weighted by molar-refractivity contribution is 7.99. The summed E-state index contributed by atoms with van der Waals surface area (Å²) in [4.78, 5) is 12.1. The van der Waals surface area contributed by atoms with Gasteiger partial charge in [0.15, 0.2) is 0 Å². The van der Waals surface area contributed by atoms with Crippen LogP contribution in [0, 0.1) is 0 Å². The largest absolute Gasteiger partial charge is 0.383 e. The van der Waals surface area contributed by atoms with Crippen molar-refractivity contribution in [3.05, 3.63) is 24.3 Å². The van der Waals surface area contributed by atoms with Gasteiger partial charge in [0.05, 0.1) is 6.61 Å². The summed E-state index contributed by atoms with van der Waals surface area (Å²) in [5.41, 5.74) is 0.828. The first-order valence-electron chi connectivity index (χ1n) is 5.82. The van der Waals surface area contributed by atoms with Crippen LogP contribution in [0.1, 0.15) is 6.92 Å². The standard InChI is InChI=1S/C13H20N2O2S/c1-10(16)15-11-4-6-13(7-5-11)18-9-12(14-2)8-17-3/h4-7,12,14H,8-9H2,1-3H3,(H,15,16). The Hall–Kier alpha value is -1.04. The van der Waals surface area contributed by atoms with Crippen LogP contribution in [0.2, 0.25) is 0 Å². The molecule has 4 nitrogen and oxygen atoms in total. The van der Waals surface area contributed by atoms with Crippen LogP contribution >= 0.6 is 11.8 Å². The molecule has 1 rings (SSSR count). The molecular formula is C13H20N2O2S. The van der Waals surface area contributed by atoms with Crippen LogP contribution in [0.5, 0.6) is 0 Å². The number of carbonyl (C=O) groups excluding carboxylic acids is 1. The van der Waals surface area contributed by atoms with E-state index in [0.717, 1.165) is 11.4 Å². The molecule has 0 aliphatic rings. The molecule has 0 aromatic heterocycles. The molecule has 0 saturated carbocycles. The Morgan fingerprint density at radius 2 is 2.06 bits per heavy atom. The number of anilines is 1. The van der Waals surface area contributed by atoms with Crippen LogP contribution in [0.3, 0.4) is 0 Å². The van der Waals surface area contributed by atoms with Crippen molar-refractivity contribution in [2.75, 3.05) is 31.8 Å². The second kappa shape index (κ2) is 8.13. The summed E-state index contributed by atoms with van der Waals surface area (Å²) in [6.45, 7) is 2.21. The lowest BCUT2D eigenvalue weighted by atomic mass is 10.3. The molecule has 0 radical (unpaired) electrons. The Balaban J connectivity index is 2.45. The number of likely N-dealkylation sites (N-methyl/N-ethyl adjacent to an activating group) is 1. The Kier molecular flexibility index (Phi) is 6.78. The van der Waals surface area contributed by atoms with Gasteiger partial charge in [0.1, 0.15) is 0 Å². The van der Waals surface area contributed by atoms with E-state index in [1.165, 1.54) is 11.8 Å². The number of rotatable bonds is 7. The normalized spacial score (nSPS) is 12.2. The van der Waals surface area contributed by atoms with Crippen molar-refractivity contribution in [1.82, 2.24) is 5.32 Å². The van der Waals surface area contributed by atoms with Gasteiger partial charge in [-0.25, -0.2) is 0 Å². The minimum absolute atomic E-state index is 0.0502. The minimum atomic E-state index is -0.0502. The van der Waals surface area contributed by atoms with Crippen molar-refractivity contribution < 1.29 is 9.53 Å². The third kappa shape index (κ3) is 5.53. The molecule has 1 aromatic rings. The van der Waals surface area contributed by atoms with E-state index in [-0.39, 0.29) is 5.91 Å². The van der Waals surface area contributed by atoms with E-state index in [4.69, 9.17) is 4.74 Å². The maximum Gasteiger partial charge on any atom is 0.221 e. The third-order valence-electron chi connectivity index (χ3n) is 2.40. The van der Waals surface area contributed by atoms with Gasteiger partial charge in [-0.05, 0) is 31.3 Å². The zero-order chi connectivity index (χ0) is 13.4. The molecule has 2 N–H and O–H groups in total. The van der Waals surface area contributed by atoms with Gasteiger partial charge in [0.2, 0.25) is 5.91 Å². The molecule has 0 fully saturated rings. The minimum Gasteiger partial charge on any atom is -0.383 e. The first kappa shape index (κ1) is 15.0. The molecule has 1 unspecified atom stereocenters. The average molecular weight is 268 g/mol. The highest BCUT2D eigenvalue weighted by Gasteiger charge is 2.06. The lowest BCUT2D eigenvalue weighted by Crippen LogP contribution is -2.32. The number of nitrogens with one attached hydrogen (secondary N) is 2. The van der Waals surface area contributed by atoms with Crippen molar-refractivity contribution in [3.63, 3.8) is 0 Å². The summed E-state index contributed by atoms with van der Waals surface area (Å²) in [6.07, 6.45) is 0. The molecule has 1 atom stereocenters. The van der Waals surface area contributed by atoms with Gasteiger partial charge in [-0.2, -0.15) is 0 Å². The Morgan fingerprint density at radius 1 is 1.39 bits per heavy atom. The van der Waals surface area contributed by atoms with Crippen LogP contribution in [0.15, 0.2) is 29.2 Å². The Bertz CT molecular complexity index is 368. The summed E-state index contributed by atoms with van der Waals surface area (Å²) in [7, 11) is 3.64. The number of hydrogen-bond donors (Lipinski definition) is 2. The first-order valence-corrected chi connectivity index (χ1v) is 6.81. The molecule has 1 amide bonds. The molecule has 5 heteroatoms. The quantitative estimate of drug-likeness (QED) is 0.742. The molecular weight excluding hydrogens is 248 g/mol. The number of ether oxygens (including phenoxy) is 1. The fraction of sp³-hybridized carbons (Fsp3) is 0.462.